The second-order valence-corrected chi connectivity index (χ2v) is 4.70. The number of nitrogens with zero attached hydrogens (tertiary/aromatic N) is 1. The summed E-state index contributed by atoms with van der Waals surface area (Å²) in [5.74, 6) is 0.0802. The number of carbonyl (C=O) groups excluding carboxylic acids is 2. The highest BCUT2D eigenvalue weighted by molar-refractivity contribution is 7.81. The first-order valence-corrected chi connectivity index (χ1v) is 5.69. The van der Waals surface area contributed by atoms with E-state index < -0.39 is 0 Å². The maximum atomic E-state index is 11.7. The lowest BCUT2D eigenvalue weighted by molar-refractivity contribution is -0.117. The standard InChI is InChI=1S/C12H13NO2S/c1-8(14)9-3-2-4-10(5-9)13-7-11(16)6-12(13)15/h2-5,11,16H,6-7H2,1H3. The Morgan fingerprint density at radius 1 is 1.50 bits per heavy atom. The molecule has 0 spiro atoms. The van der Waals surface area contributed by atoms with E-state index >= 15 is 0 Å². The molecule has 4 heteroatoms. The Bertz CT molecular complexity index is 444. The molecule has 1 heterocycles. The molecule has 0 bridgehead atoms. The second kappa shape index (κ2) is 4.29. The molecule has 0 aliphatic carbocycles. The summed E-state index contributed by atoms with van der Waals surface area (Å²) < 4.78 is 0. The molecule has 0 N–H and O–H groups in total. The fourth-order valence-corrected chi connectivity index (χ4v) is 2.15. The third-order valence-electron chi connectivity index (χ3n) is 2.67. The van der Waals surface area contributed by atoms with E-state index in [1.165, 1.54) is 6.92 Å². The quantitative estimate of drug-likeness (QED) is 0.628. The van der Waals surface area contributed by atoms with Crippen LogP contribution in [0.2, 0.25) is 0 Å². The molecule has 1 unspecified atom stereocenters. The Morgan fingerprint density at radius 3 is 2.81 bits per heavy atom. The SMILES string of the molecule is CC(=O)c1cccc(N2CC(S)CC2=O)c1. The molecule has 84 valence electrons. The maximum absolute atomic E-state index is 11.7. The summed E-state index contributed by atoms with van der Waals surface area (Å²) in [4.78, 5) is 24.6. The smallest absolute Gasteiger partial charge is 0.228 e. The Kier molecular flexibility index (Phi) is 3.01. The maximum Gasteiger partial charge on any atom is 0.228 e. The van der Waals surface area contributed by atoms with Gasteiger partial charge in [-0.3, -0.25) is 9.59 Å². The summed E-state index contributed by atoms with van der Waals surface area (Å²) in [6.45, 7) is 2.13. The van der Waals surface area contributed by atoms with Crippen LogP contribution in [0.5, 0.6) is 0 Å². The van der Waals surface area contributed by atoms with E-state index in [1.54, 1.807) is 23.1 Å². The summed E-state index contributed by atoms with van der Waals surface area (Å²) >= 11 is 4.30. The third kappa shape index (κ3) is 2.11. The van der Waals surface area contributed by atoms with E-state index in [1.807, 2.05) is 6.07 Å². The number of amides is 1. The molecule has 1 amide bonds. The Balaban J connectivity index is 2.30. The van der Waals surface area contributed by atoms with E-state index in [4.69, 9.17) is 0 Å². The third-order valence-corrected chi connectivity index (χ3v) is 3.01. The summed E-state index contributed by atoms with van der Waals surface area (Å²) in [6.07, 6.45) is 0.466. The predicted molar refractivity (Wildman–Crippen MR) is 66.2 cm³/mol. The lowest BCUT2D eigenvalue weighted by Crippen LogP contribution is -2.24. The first-order chi connectivity index (χ1) is 7.58. The number of Topliss-reactive ketones (excluding diaryl/α,β-unsaturated/α-hetero) is 1. The number of benzene rings is 1. The van der Waals surface area contributed by atoms with Crippen molar-refractivity contribution in [1.29, 1.82) is 0 Å². The van der Waals surface area contributed by atoms with Crippen LogP contribution in [0.25, 0.3) is 0 Å². The van der Waals surface area contributed by atoms with Crippen LogP contribution >= 0.6 is 12.6 Å². The zero-order valence-electron chi connectivity index (χ0n) is 9.01. The van der Waals surface area contributed by atoms with Crippen molar-refractivity contribution in [3.05, 3.63) is 29.8 Å². The van der Waals surface area contributed by atoms with Crippen LogP contribution in [-0.2, 0) is 4.79 Å². The van der Waals surface area contributed by atoms with Crippen molar-refractivity contribution < 1.29 is 9.59 Å². The summed E-state index contributed by atoms with van der Waals surface area (Å²) in [5, 5.41) is 0.0912. The first-order valence-electron chi connectivity index (χ1n) is 5.17. The Hall–Kier alpha value is -1.29. The normalized spacial score (nSPS) is 20.2. The predicted octanol–water partition coefficient (Wildman–Crippen LogP) is 1.92. The number of carbonyl (C=O) groups is 2. The number of ketones is 1. The number of hydrogen-bond donors (Lipinski definition) is 1. The summed E-state index contributed by atoms with van der Waals surface area (Å²) in [6, 6.07) is 7.15. The van der Waals surface area contributed by atoms with Gasteiger partial charge in [0.2, 0.25) is 5.91 Å². The van der Waals surface area contributed by atoms with Gasteiger partial charge in [-0.15, -0.1) is 0 Å². The van der Waals surface area contributed by atoms with E-state index in [-0.39, 0.29) is 16.9 Å². The van der Waals surface area contributed by atoms with E-state index in [0.29, 0.717) is 18.5 Å². The minimum absolute atomic E-state index is 0.0101. The van der Waals surface area contributed by atoms with Crippen LogP contribution in [0.15, 0.2) is 24.3 Å². The molecule has 16 heavy (non-hydrogen) atoms. The number of rotatable bonds is 2. The lowest BCUT2D eigenvalue weighted by Gasteiger charge is -2.16. The molecule has 1 fully saturated rings. The minimum atomic E-state index is 0.0101. The molecule has 0 radical (unpaired) electrons. The van der Waals surface area contributed by atoms with Crippen LogP contribution in [0.4, 0.5) is 5.69 Å². The van der Waals surface area contributed by atoms with Crippen molar-refractivity contribution in [3.8, 4) is 0 Å². The first kappa shape index (κ1) is 11.2. The van der Waals surface area contributed by atoms with Crippen molar-refractivity contribution >= 4 is 30.0 Å². The fourth-order valence-electron chi connectivity index (χ4n) is 1.83. The molecule has 2 rings (SSSR count). The Morgan fingerprint density at radius 2 is 2.25 bits per heavy atom. The minimum Gasteiger partial charge on any atom is -0.311 e. The van der Waals surface area contributed by atoms with E-state index in [9.17, 15) is 9.59 Å². The molecule has 1 saturated heterocycles. The zero-order chi connectivity index (χ0) is 11.7. The van der Waals surface area contributed by atoms with Gasteiger partial charge < -0.3 is 4.90 Å². The molecule has 1 atom stereocenters. The van der Waals surface area contributed by atoms with Crippen molar-refractivity contribution in [1.82, 2.24) is 0 Å². The van der Waals surface area contributed by atoms with Crippen molar-refractivity contribution in [2.24, 2.45) is 0 Å². The van der Waals surface area contributed by atoms with Gasteiger partial charge in [-0.1, -0.05) is 12.1 Å². The number of anilines is 1. The second-order valence-electron chi connectivity index (χ2n) is 3.97. The van der Waals surface area contributed by atoms with Crippen LogP contribution in [-0.4, -0.2) is 23.5 Å². The monoisotopic (exact) mass is 235 g/mol. The molecular formula is C12H13NO2S. The van der Waals surface area contributed by atoms with E-state index in [2.05, 4.69) is 12.6 Å². The van der Waals surface area contributed by atoms with Crippen molar-refractivity contribution in [2.45, 2.75) is 18.6 Å². The van der Waals surface area contributed by atoms with Gasteiger partial charge in [0.1, 0.15) is 0 Å². The van der Waals surface area contributed by atoms with Crippen molar-refractivity contribution in [3.63, 3.8) is 0 Å². The largest absolute Gasteiger partial charge is 0.311 e. The van der Waals surface area contributed by atoms with Crippen LogP contribution < -0.4 is 4.90 Å². The topological polar surface area (TPSA) is 37.4 Å². The van der Waals surface area contributed by atoms with Gasteiger partial charge in [-0.2, -0.15) is 12.6 Å². The number of hydrogen-bond acceptors (Lipinski definition) is 3. The zero-order valence-corrected chi connectivity index (χ0v) is 9.91. The van der Waals surface area contributed by atoms with Gasteiger partial charge in [-0.05, 0) is 19.1 Å². The summed E-state index contributed by atoms with van der Waals surface area (Å²) in [7, 11) is 0. The van der Waals surface area contributed by atoms with Gasteiger partial charge in [0.25, 0.3) is 0 Å². The van der Waals surface area contributed by atoms with Gasteiger partial charge in [-0.25, -0.2) is 0 Å². The molecule has 1 aromatic carbocycles. The van der Waals surface area contributed by atoms with Crippen LogP contribution in [0.3, 0.4) is 0 Å². The molecule has 1 aliphatic heterocycles. The van der Waals surface area contributed by atoms with E-state index in [0.717, 1.165) is 5.69 Å². The van der Waals surface area contributed by atoms with Gasteiger partial charge in [0, 0.05) is 29.5 Å². The van der Waals surface area contributed by atoms with Crippen molar-refractivity contribution in [2.75, 3.05) is 11.4 Å². The fraction of sp³-hybridized carbons (Fsp3) is 0.333. The highest BCUT2D eigenvalue weighted by Crippen LogP contribution is 2.24. The van der Waals surface area contributed by atoms with Crippen LogP contribution in [0, 0.1) is 0 Å². The van der Waals surface area contributed by atoms with Gasteiger partial charge in [0.05, 0.1) is 0 Å². The van der Waals surface area contributed by atoms with Gasteiger partial charge >= 0.3 is 0 Å². The molecule has 3 nitrogen and oxygen atoms in total. The molecule has 0 saturated carbocycles. The molecule has 1 aromatic rings. The highest BCUT2D eigenvalue weighted by atomic mass is 32.1. The highest BCUT2D eigenvalue weighted by Gasteiger charge is 2.28. The van der Waals surface area contributed by atoms with Crippen LogP contribution in [0.1, 0.15) is 23.7 Å². The number of thiol groups is 1. The summed E-state index contributed by atoms with van der Waals surface area (Å²) in [5.41, 5.74) is 1.42. The molecule has 0 aromatic heterocycles. The molecular weight excluding hydrogens is 222 g/mol. The average Bonchev–Trinajstić information content (AvgIpc) is 2.58. The van der Waals surface area contributed by atoms with Gasteiger partial charge in [0.15, 0.2) is 5.78 Å². The average molecular weight is 235 g/mol. The molecule has 1 aliphatic rings. The lowest BCUT2D eigenvalue weighted by atomic mass is 10.1. The Labute approximate surface area is 99.9 Å².